The Labute approximate surface area is 287 Å². The van der Waals surface area contributed by atoms with Crippen molar-refractivity contribution in [1.82, 2.24) is 3.80 Å². The fraction of sp³-hybridized carbons (Fsp3) is 0.341. The molecule has 7 rings (SSSR count). The molecule has 0 spiro atoms. The van der Waals surface area contributed by atoms with E-state index < -0.39 is 16.8 Å². The molecule has 0 bridgehead atoms. The van der Waals surface area contributed by atoms with Gasteiger partial charge in [0.05, 0.1) is 0 Å². The van der Waals surface area contributed by atoms with E-state index in [0.29, 0.717) is 10.1 Å². The van der Waals surface area contributed by atoms with Gasteiger partial charge < -0.3 is 0 Å². The molecule has 0 aromatic heterocycles. The van der Waals surface area contributed by atoms with Gasteiger partial charge in [-0.15, -0.1) is 0 Å². The second-order valence-corrected chi connectivity index (χ2v) is 20.4. The second-order valence-electron chi connectivity index (χ2n) is 13.9. The van der Waals surface area contributed by atoms with Crippen LogP contribution in [0.2, 0.25) is 9.45 Å². The Morgan fingerprint density at radius 3 is 1.34 bits per heavy atom. The summed E-state index contributed by atoms with van der Waals surface area (Å²) in [4.78, 5) is 13.6. The first-order valence-electron chi connectivity index (χ1n) is 18.1. The molecule has 2 aliphatic carbocycles. The van der Waals surface area contributed by atoms with E-state index in [1.165, 1.54) is 89.5 Å². The SMILES string of the molecule is C=C(C(=C)c1ccccc1)c1ccccc1.O=C([NH][Ti]1([CH]2c3ccccc3-c3ccccc32)[CH2][CH2]1)C1CCCCCCCCCCC1. The molecular weight excluding hydrogens is 606 g/mol. The molecule has 3 aliphatic rings. The van der Waals surface area contributed by atoms with Gasteiger partial charge in [-0.2, -0.15) is 0 Å². The van der Waals surface area contributed by atoms with E-state index in [-0.39, 0.29) is 5.92 Å². The van der Waals surface area contributed by atoms with Crippen molar-refractivity contribution in [2.24, 2.45) is 5.92 Å². The molecule has 242 valence electrons. The minimum absolute atomic E-state index is 0.245. The number of fused-ring (bicyclic) bond motifs is 3. The van der Waals surface area contributed by atoms with Crippen LogP contribution >= 0.6 is 0 Å². The van der Waals surface area contributed by atoms with Crippen LogP contribution in [0.25, 0.3) is 22.3 Å². The van der Waals surface area contributed by atoms with Crippen molar-refractivity contribution in [1.29, 1.82) is 0 Å². The Kier molecular flexibility index (Phi) is 11.5. The molecule has 1 heterocycles. The average molecular weight is 658 g/mol. The maximum atomic E-state index is 13.6. The third kappa shape index (κ3) is 8.17. The predicted octanol–water partition coefficient (Wildman–Crippen LogP) is 12.1. The molecule has 1 saturated heterocycles. The number of hydrogen-bond acceptors (Lipinski definition) is 1. The molecule has 2 fully saturated rings. The quantitative estimate of drug-likeness (QED) is 0.162. The van der Waals surface area contributed by atoms with Crippen molar-refractivity contribution < 1.29 is 21.6 Å². The van der Waals surface area contributed by atoms with Crippen molar-refractivity contribution in [2.45, 2.75) is 84.3 Å². The van der Waals surface area contributed by atoms with Gasteiger partial charge in [0.2, 0.25) is 0 Å². The van der Waals surface area contributed by atoms with Crippen LogP contribution in [0.15, 0.2) is 122 Å². The van der Waals surface area contributed by atoms with E-state index in [1.54, 1.807) is 0 Å². The molecule has 1 N–H and O–H groups in total. The zero-order valence-corrected chi connectivity index (χ0v) is 29.6. The summed E-state index contributed by atoms with van der Waals surface area (Å²) in [6, 6.07) is 38.2. The fourth-order valence-electron chi connectivity index (χ4n) is 7.77. The van der Waals surface area contributed by atoms with Crippen LogP contribution in [-0.4, -0.2) is 5.91 Å². The molecule has 2 nitrogen and oxygen atoms in total. The van der Waals surface area contributed by atoms with Gasteiger partial charge in [0, 0.05) is 0 Å². The van der Waals surface area contributed by atoms with E-state index in [0.717, 1.165) is 35.1 Å². The predicted molar refractivity (Wildman–Crippen MR) is 197 cm³/mol. The summed E-state index contributed by atoms with van der Waals surface area (Å²) in [7, 11) is 0. The zero-order valence-electron chi connectivity index (χ0n) is 28.1. The van der Waals surface area contributed by atoms with Crippen LogP contribution in [0.3, 0.4) is 0 Å². The van der Waals surface area contributed by atoms with Gasteiger partial charge in [-0.1, -0.05) is 73.8 Å². The van der Waals surface area contributed by atoms with E-state index >= 15 is 0 Å². The third-order valence-corrected chi connectivity index (χ3v) is 17.0. The monoisotopic (exact) mass is 657 g/mol. The molecule has 0 radical (unpaired) electrons. The number of carbonyl (C=O) groups excluding carboxylic acids is 1. The van der Waals surface area contributed by atoms with Gasteiger partial charge in [0.15, 0.2) is 0 Å². The van der Waals surface area contributed by atoms with Gasteiger partial charge in [-0.25, -0.2) is 0 Å². The molecule has 47 heavy (non-hydrogen) atoms. The first-order valence-corrected chi connectivity index (χ1v) is 22.0. The summed E-state index contributed by atoms with van der Waals surface area (Å²) in [6.07, 6.45) is 14.2. The van der Waals surface area contributed by atoms with Crippen molar-refractivity contribution in [3.8, 4) is 11.1 Å². The molecule has 3 heteroatoms. The normalized spacial score (nSPS) is 17.8. The maximum absolute atomic E-state index is 13.6. The topological polar surface area (TPSA) is 29.1 Å². The van der Waals surface area contributed by atoms with Gasteiger partial charge >= 0.3 is 192 Å². The molecule has 1 saturated carbocycles. The minimum atomic E-state index is -2.45. The summed E-state index contributed by atoms with van der Waals surface area (Å²) >= 11 is -2.45. The Hall–Kier alpha value is -3.46. The van der Waals surface area contributed by atoms with Gasteiger partial charge in [0.25, 0.3) is 0 Å². The van der Waals surface area contributed by atoms with Crippen molar-refractivity contribution in [3.63, 3.8) is 0 Å². The van der Waals surface area contributed by atoms with Crippen LogP contribution in [-0.2, 0) is 21.6 Å². The number of allylic oxidation sites excluding steroid dienone is 2. The van der Waals surface area contributed by atoms with Crippen LogP contribution in [0.1, 0.15) is 97.1 Å². The summed E-state index contributed by atoms with van der Waals surface area (Å²) in [6.45, 7) is 8.20. The molecule has 0 unspecified atom stereocenters. The summed E-state index contributed by atoms with van der Waals surface area (Å²) in [5, 5.41) is 0. The van der Waals surface area contributed by atoms with Crippen LogP contribution in [0.5, 0.6) is 0 Å². The van der Waals surface area contributed by atoms with E-state index in [4.69, 9.17) is 0 Å². The zero-order chi connectivity index (χ0) is 32.5. The van der Waals surface area contributed by atoms with Crippen LogP contribution in [0, 0.1) is 5.92 Å². The number of hydrogen-bond donors (Lipinski definition) is 1. The Balaban J connectivity index is 0.000000203. The fourth-order valence-corrected chi connectivity index (χ4v) is 15.2. The van der Waals surface area contributed by atoms with E-state index in [9.17, 15) is 4.79 Å². The molecule has 1 amide bonds. The Bertz CT molecular complexity index is 1550. The van der Waals surface area contributed by atoms with Crippen molar-refractivity contribution >= 4 is 17.1 Å². The van der Waals surface area contributed by atoms with E-state index in [2.05, 4.69) is 89.8 Å². The number of carbonyl (C=O) groups is 1. The summed E-state index contributed by atoms with van der Waals surface area (Å²) in [5.41, 5.74) is 9.98. The Morgan fingerprint density at radius 2 is 0.915 bits per heavy atom. The van der Waals surface area contributed by atoms with Crippen LogP contribution < -0.4 is 3.80 Å². The molecule has 0 atom stereocenters. The molecule has 1 aliphatic heterocycles. The average Bonchev–Trinajstić information content (AvgIpc) is 3.80. The number of rotatable bonds is 6. The summed E-state index contributed by atoms with van der Waals surface area (Å²) < 4.78 is 6.88. The molecule has 4 aromatic carbocycles. The number of amides is 1. The second kappa shape index (κ2) is 16.1. The first-order chi connectivity index (χ1) is 23.1. The number of nitrogens with one attached hydrogen (secondary N) is 1. The van der Waals surface area contributed by atoms with Gasteiger partial charge in [-0.3, -0.25) is 0 Å². The summed E-state index contributed by atoms with van der Waals surface area (Å²) in [5.74, 6) is 0.658. The Morgan fingerprint density at radius 1 is 0.532 bits per heavy atom. The first kappa shape index (κ1) is 33.4. The molecule has 4 aromatic rings. The van der Waals surface area contributed by atoms with Gasteiger partial charge in [0.1, 0.15) is 0 Å². The van der Waals surface area contributed by atoms with E-state index in [1.807, 2.05) is 36.4 Å². The molecular formula is C44H51NOTi. The van der Waals surface area contributed by atoms with Crippen molar-refractivity contribution in [3.05, 3.63) is 145 Å². The number of benzene rings is 4. The van der Waals surface area contributed by atoms with Crippen molar-refractivity contribution in [2.75, 3.05) is 0 Å². The third-order valence-electron chi connectivity index (χ3n) is 10.6. The standard InChI is InChI=1S/C16H14.C13H25NO.C13H9.C2H4.Ti/c1-13(15-9-5-3-6-10-15)14(2)16-11-7-4-8-12-16;14-13(15)12-10-8-6-4-2-1-3-5-7-9-11-12;1-3-7-12-10(5-1)9-11-6-2-4-8-13(11)12;1-2;/h3-12H,1-2H2;12H,1-11H2,(H2,14,15);1-9H;1-2H2;/q;;;;+1/p-1. The van der Waals surface area contributed by atoms with Crippen LogP contribution in [0.4, 0.5) is 0 Å². The van der Waals surface area contributed by atoms with Gasteiger partial charge in [-0.05, 0) is 22.3 Å².